The first-order chi connectivity index (χ1) is 12.5. The van der Waals surface area contributed by atoms with Gasteiger partial charge in [0.25, 0.3) is 0 Å². The van der Waals surface area contributed by atoms with Crippen LogP contribution >= 0.6 is 0 Å². The van der Waals surface area contributed by atoms with E-state index in [-0.39, 0.29) is 18.6 Å². The first-order valence-electron chi connectivity index (χ1n) is 8.50. The fraction of sp³-hybridized carbons (Fsp3) is 0.300. The second kappa shape index (κ2) is 9.46. The van der Waals surface area contributed by atoms with Gasteiger partial charge < -0.3 is 20.1 Å². The molecule has 1 unspecified atom stereocenters. The number of amides is 1. The van der Waals surface area contributed by atoms with Crippen molar-refractivity contribution >= 4 is 23.3 Å². The molecule has 1 amide bonds. The average Bonchev–Trinajstić information content (AvgIpc) is 2.66. The molecule has 0 fully saturated rings. The lowest BCUT2D eigenvalue weighted by Crippen LogP contribution is -2.21. The van der Waals surface area contributed by atoms with Crippen LogP contribution in [0.15, 0.2) is 48.5 Å². The summed E-state index contributed by atoms with van der Waals surface area (Å²) in [5.41, 5.74) is 1.88. The molecular weight excluding hydrogens is 332 g/mol. The lowest BCUT2D eigenvalue weighted by molar-refractivity contribution is -0.114. The molecule has 0 aliphatic carbocycles. The van der Waals surface area contributed by atoms with Crippen molar-refractivity contribution in [2.45, 2.75) is 26.4 Å². The van der Waals surface area contributed by atoms with Gasteiger partial charge in [0.05, 0.1) is 25.3 Å². The second-order valence-electron chi connectivity index (χ2n) is 5.84. The lowest BCUT2D eigenvalue weighted by Gasteiger charge is -2.14. The van der Waals surface area contributed by atoms with Crippen molar-refractivity contribution in [2.75, 3.05) is 24.3 Å². The minimum absolute atomic E-state index is 0.105. The molecule has 2 aromatic rings. The van der Waals surface area contributed by atoms with Gasteiger partial charge in [0.2, 0.25) is 5.91 Å². The largest absolute Gasteiger partial charge is 0.491 e. The minimum Gasteiger partial charge on any atom is -0.491 e. The Labute approximate surface area is 153 Å². The highest BCUT2D eigenvalue weighted by Gasteiger charge is 2.07. The maximum atomic E-state index is 12.1. The average molecular weight is 356 g/mol. The standard InChI is InChI=1S/C20H24N2O4/c1-4-14(2)26-18-7-5-6-17(12-18)22-19(23)13-21-16-10-8-15(9-11-16)20(24)25-3/h5-12,14,21H,4,13H2,1-3H3,(H,22,23). The van der Waals surface area contributed by atoms with E-state index >= 15 is 0 Å². The van der Waals surface area contributed by atoms with Crippen LogP contribution in [0.2, 0.25) is 0 Å². The molecule has 0 aliphatic heterocycles. The summed E-state index contributed by atoms with van der Waals surface area (Å²) < 4.78 is 10.4. The number of ether oxygens (including phenoxy) is 2. The smallest absolute Gasteiger partial charge is 0.337 e. The first kappa shape index (κ1) is 19.3. The number of anilines is 2. The van der Waals surface area contributed by atoms with Gasteiger partial charge in [-0.3, -0.25) is 4.79 Å². The molecule has 0 radical (unpaired) electrons. The minimum atomic E-state index is -0.395. The van der Waals surface area contributed by atoms with Crippen molar-refractivity contribution in [3.63, 3.8) is 0 Å². The zero-order valence-corrected chi connectivity index (χ0v) is 15.2. The van der Waals surface area contributed by atoms with E-state index in [2.05, 4.69) is 22.3 Å². The van der Waals surface area contributed by atoms with E-state index in [0.717, 1.165) is 17.9 Å². The zero-order chi connectivity index (χ0) is 18.9. The van der Waals surface area contributed by atoms with Gasteiger partial charge in [-0.05, 0) is 49.7 Å². The predicted molar refractivity (Wildman–Crippen MR) is 102 cm³/mol. The number of rotatable bonds is 8. The van der Waals surface area contributed by atoms with Crippen LogP contribution in [0.3, 0.4) is 0 Å². The summed E-state index contributed by atoms with van der Waals surface area (Å²) >= 11 is 0. The highest BCUT2D eigenvalue weighted by Crippen LogP contribution is 2.19. The Balaban J connectivity index is 1.87. The van der Waals surface area contributed by atoms with E-state index in [4.69, 9.17) is 4.74 Å². The van der Waals surface area contributed by atoms with Gasteiger partial charge in [-0.15, -0.1) is 0 Å². The highest BCUT2D eigenvalue weighted by atomic mass is 16.5. The Kier molecular flexibility index (Phi) is 7.02. The van der Waals surface area contributed by atoms with Crippen LogP contribution in [-0.2, 0) is 9.53 Å². The number of benzene rings is 2. The molecule has 6 nitrogen and oxygen atoms in total. The number of hydrogen-bond acceptors (Lipinski definition) is 5. The van der Waals surface area contributed by atoms with Gasteiger partial charge in [0, 0.05) is 17.4 Å². The Bertz CT molecular complexity index is 744. The van der Waals surface area contributed by atoms with Crippen molar-refractivity contribution < 1.29 is 19.1 Å². The Morgan fingerprint density at radius 2 is 1.81 bits per heavy atom. The Hall–Kier alpha value is -3.02. The van der Waals surface area contributed by atoms with E-state index in [0.29, 0.717) is 11.3 Å². The number of esters is 1. The van der Waals surface area contributed by atoms with Gasteiger partial charge in [-0.2, -0.15) is 0 Å². The van der Waals surface area contributed by atoms with Gasteiger partial charge in [-0.1, -0.05) is 13.0 Å². The molecule has 0 bridgehead atoms. The van der Waals surface area contributed by atoms with Crippen molar-refractivity contribution in [3.05, 3.63) is 54.1 Å². The normalized spacial score (nSPS) is 11.3. The molecule has 0 aliphatic rings. The monoisotopic (exact) mass is 356 g/mol. The Morgan fingerprint density at radius 1 is 1.08 bits per heavy atom. The molecular formula is C20H24N2O4. The number of carbonyl (C=O) groups excluding carboxylic acids is 2. The predicted octanol–water partition coefficient (Wildman–Crippen LogP) is 3.70. The number of methoxy groups -OCH3 is 1. The van der Waals surface area contributed by atoms with Crippen LogP contribution in [0.5, 0.6) is 5.75 Å². The van der Waals surface area contributed by atoms with Gasteiger partial charge in [-0.25, -0.2) is 4.79 Å². The topological polar surface area (TPSA) is 76.7 Å². The summed E-state index contributed by atoms with van der Waals surface area (Å²) in [6.07, 6.45) is 1.03. The van der Waals surface area contributed by atoms with Crippen molar-refractivity contribution in [3.8, 4) is 5.75 Å². The molecule has 2 rings (SSSR count). The summed E-state index contributed by atoms with van der Waals surface area (Å²) in [4.78, 5) is 23.5. The SMILES string of the molecule is CCC(C)Oc1cccc(NC(=O)CNc2ccc(C(=O)OC)cc2)c1. The number of hydrogen-bond donors (Lipinski definition) is 2. The van der Waals surface area contributed by atoms with Crippen molar-refractivity contribution in [1.82, 2.24) is 0 Å². The molecule has 0 heterocycles. The molecule has 2 N–H and O–H groups in total. The lowest BCUT2D eigenvalue weighted by atomic mass is 10.2. The quantitative estimate of drug-likeness (QED) is 0.705. The fourth-order valence-corrected chi connectivity index (χ4v) is 2.19. The van der Waals surface area contributed by atoms with Crippen LogP contribution < -0.4 is 15.4 Å². The van der Waals surface area contributed by atoms with E-state index in [1.54, 1.807) is 30.3 Å². The molecule has 26 heavy (non-hydrogen) atoms. The van der Waals surface area contributed by atoms with Crippen LogP contribution in [-0.4, -0.2) is 31.6 Å². The molecule has 0 saturated carbocycles. The molecule has 138 valence electrons. The third kappa shape index (κ3) is 5.81. The summed E-state index contributed by atoms with van der Waals surface area (Å²) in [6.45, 7) is 4.16. The zero-order valence-electron chi connectivity index (χ0n) is 15.2. The van der Waals surface area contributed by atoms with Crippen LogP contribution in [0.4, 0.5) is 11.4 Å². The highest BCUT2D eigenvalue weighted by molar-refractivity contribution is 5.94. The summed E-state index contributed by atoms with van der Waals surface area (Å²) in [5.74, 6) is 0.153. The Morgan fingerprint density at radius 3 is 2.46 bits per heavy atom. The summed E-state index contributed by atoms with van der Waals surface area (Å²) in [7, 11) is 1.34. The van der Waals surface area contributed by atoms with Crippen LogP contribution in [0.25, 0.3) is 0 Å². The molecule has 0 saturated heterocycles. The third-order valence-corrected chi connectivity index (χ3v) is 3.79. The van der Waals surface area contributed by atoms with Crippen LogP contribution in [0.1, 0.15) is 30.6 Å². The van der Waals surface area contributed by atoms with Crippen molar-refractivity contribution in [2.24, 2.45) is 0 Å². The number of carbonyl (C=O) groups is 2. The van der Waals surface area contributed by atoms with Crippen molar-refractivity contribution in [1.29, 1.82) is 0 Å². The second-order valence-corrected chi connectivity index (χ2v) is 5.84. The first-order valence-corrected chi connectivity index (χ1v) is 8.50. The maximum Gasteiger partial charge on any atom is 0.337 e. The van der Waals surface area contributed by atoms with Gasteiger partial charge in [0.15, 0.2) is 0 Å². The summed E-state index contributed by atoms with van der Waals surface area (Å²) in [5, 5.41) is 5.84. The molecule has 0 aromatic heterocycles. The fourth-order valence-electron chi connectivity index (χ4n) is 2.19. The van der Waals surface area contributed by atoms with E-state index in [9.17, 15) is 9.59 Å². The van der Waals surface area contributed by atoms with E-state index in [1.807, 2.05) is 25.1 Å². The third-order valence-electron chi connectivity index (χ3n) is 3.79. The van der Waals surface area contributed by atoms with Crippen LogP contribution in [0, 0.1) is 0 Å². The molecule has 2 aromatic carbocycles. The van der Waals surface area contributed by atoms with Gasteiger partial charge >= 0.3 is 5.97 Å². The molecule has 0 spiro atoms. The van der Waals surface area contributed by atoms with E-state index in [1.165, 1.54) is 7.11 Å². The molecule has 6 heteroatoms. The summed E-state index contributed by atoms with van der Waals surface area (Å²) in [6, 6.07) is 14.0. The number of nitrogens with one attached hydrogen (secondary N) is 2. The van der Waals surface area contributed by atoms with Gasteiger partial charge in [0.1, 0.15) is 5.75 Å². The molecule has 1 atom stereocenters. The maximum absolute atomic E-state index is 12.1. The van der Waals surface area contributed by atoms with E-state index < -0.39 is 5.97 Å².